The number of nitrogens with zero attached hydrogens (tertiary/aromatic N) is 1. The lowest BCUT2D eigenvalue weighted by Gasteiger charge is -2.22. The summed E-state index contributed by atoms with van der Waals surface area (Å²) < 4.78 is 0. The van der Waals surface area contributed by atoms with Crippen LogP contribution in [0.15, 0.2) is 24.3 Å². The van der Waals surface area contributed by atoms with Crippen molar-refractivity contribution in [2.75, 3.05) is 6.54 Å². The van der Waals surface area contributed by atoms with Crippen LogP contribution in [-0.4, -0.2) is 34.3 Å². The second kappa shape index (κ2) is 5.36. The molecule has 19 heavy (non-hydrogen) atoms. The van der Waals surface area contributed by atoms with E-state index in [4.69, 9.17) is 23.7 Å². The molecule has 1 heterocycles. The van der Waals surface area contributed by atoms with Gasteiger partial charge in [-0.25, -0.2) is 0 Å². The Bertz CT molecular complexity index is 527. The molecule has 1 saturated heterocycles. The summed E-state index contributed by atoms with van der Waals surface area (Å²) in [5, 5.41) is 0. The molecule has 1 atom stereocenters. The Hall–Kier alpha value is -1.95. The first-order valence-electron chi connectivity index (χ1n) is 6.01. The summed E-state index contributed by atoms with van der Waals surface area (Å²) in [6.45, 7) is 0.559. The number of carbonyl (C=O) groups is 2. The summed E-state index contributed by atoms with van der Waals surface area (Å²) in [6.07, 6.45) is 1.43. The number of hydrogen-bond acceptors (Lipinski definition) is 3. The molecule has 2 rings (SSSR count). The summed E-state index contributed by atoms with van der Waals surface area (Å²) in [6, 6.07) is 6.22. The van der Waals surface area contributed by atoms with E-state index in [0.29, 0.717) is 24.1 Å². The minimum atomic E-state index is -0.497. The number of thiocarbonyl (C=S) groups is 1. The summed E-state index contributed by atoms with van der Waals surface area (Å²) >= 11 is 4.85. The maximum absolute atomic E-state index is 12.3. The monoisotopic (exact) mass is 277 g/mol. The number of benzene rings is 1. The van der Waals surface area contributed by atoms with Crippen LogP contribution < -0.4 is 11.5 Å². The molecule has 1 aromatic carbocycles. The van der Waals surface area contributed by atoms with Crippen molar-refractivity contribution in [1.82, 2.24) is 4.90 Å². The first kappa shape index (κ1) is 13.5. The molecule has 0 radical (unpaired) electrons. The first-order chi connectivity index (χ1) is 9.00. The topological polar surface area (TPSA) is 89.4 Å². The molecule has 0 saturated carbocycles. The summed E-state index contributed by atoms with van der Waals surface area (Å²) in [7, 11) is 0. The van der Waals surface area contributed by atoms with E-state index < -0.39 is 11.9 Å². The zero-order valence-electron chi connectivity index (χ0n) is 10.3. The van der Waals surface area contributed by atoms with E-state index in [0.717, 1.165) is 6.42 Å². The van der Waals surface area contributed by atoms with Crippen molar-refractivity contribution in [3.63, 3.8) is 0 Å². The summed E-state index contributed by atoms with van der Waals surface area (Å²) in [5.74, 6) is -0.638. The lowest BCUT2D eigenvalue weighted by atomic mass is 10.1. The van der Waals surface area contributed by atoms with E-state index in [-0.39, 0.29) is 10.9 Å². The third kappa shape index (κ3) is 2.73. The van der Waals surface area contributed by atoms with Gasteiger partial charge in [-0.2, -0.15) is 0 Å². The second-order valence-corrected chi connectivity index (χ2v) is 4.94. The number of rotatable bonds is 3. The van der Waals surface area contributed by atoms with Gasteiger partial charge in [0.05, 0.1) is 0 Å². The Kier molecular flexibility index (Phi) is 3.80. The lowest BCUT2D eigenvalue weighted by molar-refractivity contribution is -0.121. The van der Waals surface area contributed by atoms with Crippen LogP contribution in [0, 0.1) is 0 Å². The third-order valence-corrected chi connectivity index (χ3v) is 3.49. The van der Waals surface area contributed by atoms with Crippen LogP contribution >= 0.6 is 12.2 Å². The van der Waals surface area contributed by atoms with Gasteiger partial charge in [-0.05, 0) is 25.0 Å². The van der Waals surface area contributed by atoms with Gasteiger partial charge in [0.25, 0.3) is 5.91 Å². The molecule has 1 fully saturated rings. The van der Waals surface area contributed by atoms with Crippen LogP contribution in [0.2, 0.25) is 0 Å². The van der Waals surface area contributed by atoms with E-state index in [1.807, 2.05) is 0 Å². The molecule has 5 nitrogen and oxygen atoms in total. The molecular formula is C13H15N3O2S. The van der Waals surface area contributed by atoms with Gasteiger partial charge in [0, 0.05) is 17.7 Å². The molecular weight excluding hydrogens is 262 g/mol. The highest BCUT2D eigenvalue weighted by atomic mass is 32.1. The maximum atomic E-state index is 12.3. The first-order valence-corrected chi connectivity index (χ1v) is 6.41. The van der Waals surface area contributed by atoms with Gasteiger partial charge >= 0.3 is 0 Å². The standard InChI is InChI=1S/C13H15N3O2S/c14-11(17)10-2-1-7-16(10)13(18)9-5-3-8(4-6-9)12(15)19/h3-6,10H,1-2,7H2,(H2,14,17)(H2,15,19). The van der Waals surface area contributed by atoms with Crippen molar-refractivity contribution in [3.05, 3.63) is 35.4 Å². The predicted molar refractivity (Wildman–Crippen MR) is 75.6 cm³/mol. The quantitative estimate of drug-likeness (QED) is 0.783. The van der Waals surface area contributed by atoms with Gasteiger partial charge in [-0.15, -0.1) is 0 Å². The molecule has 1 unspecified atom stereocenters. The van der Waals surface area contributed by atoms with Crippen molar-refractivity contribution >= 4 is 29.0 Å². The van der Waals surface area contributed by atoms with Crippen LogP contribution in [0.5, 0.6) is 0 Å². The van der Waals surface area contributed by atoms with E-state index in [1.165, 1.54) is 4.90 Å². The average molecular weight is 277 g/mol. The average Bonchev–Trinajstić information content (AvgIpc) is 2.87. The highest BCUT2D eigenvalue weighted by Gasteiger charge is 2.32. The van der Waals surface area contributed by atoms with Crippen LogP contribution in [0.25, 0.3) is 0 Å². The Balaban J connectivity index is 2.19. The van der Waals surface area contributed by atoms with Gasteiger partial charge in [0.15, 0.2) is 0 Å². The van der Waals surface area contributed by atoms with E-state index in [1.54, 1.807) is 24.3 Å². The predicted octanol–water partition coefficient (Wildman–Crippen LogP) is 0.411. The molecule has 100 valence electrons. The van der Waals surface area contributed by atoms with Crippen LogP contribution in [0.4, 0.5) is 0 Å². The molecule has 2 amide bonds. The molecule has 4 N–H and O–H groups in total. The van der Waals surface area contributed by atoms with Gasteiger partial charge in [-0.3, -0.25) is 9.59 Å². The number of primary amides is 1. The zero-order valence-corrected chi connectivity index (χ0v) is 11.2. The van der Waals surface area contributed by atoms with Crippen molar-refractivity contribution in [1.29, 1.82) is 0 Å². The van der Waals surface area contributed by atoms with Crippen molar-refractivity contribution < 1.29 is 9.59 Å². The fraction of sp³-hybridized carbons (Fsp3) is 0.308. The van der Waals surface area contributed by atoms with Gasteiger partial charge in [0.1, 0.15) is 11.0 Å². The molecule has 0 aliphatic carbocycles. The Morgan fingerprint density at radius 3 is 2.26 bits per heavy atom. The third-order valence-electron chi connectivity index (χ3n) is 3.26. The Labute approximate surface area is 116 Å². The number of likely N-dealkylation sites (tertiary alicyclic amines) is 1. The Morgan fingerprint density at radius 2 is 1.74 bits per heavy atom. The normalized spacial score (nSPS) is 18.3. The molecule has 0 spiro atoms. The summed E-state index contributed by atoms with van der Waals surface area (Å²) in [4.78, 5) is 25.4. The lowest BCUT2D eigenvalue weighted by Crippen LogP contribution is -2.43. The van der Waals surface area contributed by atoms with Crippen LogP contribution in [0.3, 0.4) is 0 Å². The van der Waals surface area contributed by atoms with Crippen LogP contribution in [-0.2, 0) is 4.79 Å². The molecule has 1 aromatic rings. The fourth-order valence-electron chi connectivity index (χ4n) is 2.25. The number of amides is 2. The van der Waals surface area contributed by atoms with Crippen molar-refractivity contribution in [2.45, 2.75) is 18.9 Å². The van der Waals surface area contributed by atoms with Crippen molar-refractivity contribution in [2.24, 2.45) is 11.5 Å². The minimum Gasteiger partial charge on any atom is -0.389 e. The molecule has 1 aliphatic rings. The van der Waals surface area contributed by atoms with E-state index >= 15 is 0 Å². The number of carbonyl (C=O) groups excluding carboxylic acids is 2. The fourth-order valence-corrected chi connectivity index (χ4v) is 2.38. The van der Waals surface area contributed by atoms with Crippen molar-refractivity contribution in [3.8, 4) is 0 Å². The Morgan fingerprint density at radius 1 is 1.16 bits per heavy atom. The minimum absolute atomic E-state index is 0.184. The second-order valence-electron chi connectivity index (χ2n) is 4.50. The zero-order chi connectivity index (χ0) is 14.0. The van der Waals surface area contributed by atoms with Gasteiger partial charge in [-0.1, -0.05) is 24.4 Å². The largest absolute Gasteiger partial charge is 0.389 e. The number of nitrogens with two attached hydrogens (primary N) is 2. The molecule has 0 aromatic heterocycles. The van der Waals surface area contributed by atoms with E-state index in [9.17, 15) is 9.59 Å². The number of hydrogen-bond donors (Lipinski definition) is 2. The highest BCUT2D eigenvalue weighted by Crippen LogP contribution is 2.20. The SMILES string of the molecule is NC(=O)C1CCCN1C(=O)c1ccc(C(N)=S)cc1. The van der Waals surface area contributed by atoms with Gasteiger partial charge < -0.3 is 16.4 Å². The summed E-state index contributed by atoms with van der Waals surface area (Å²) in [5.41, 5.74) is 12.0. The highest BCUT2D eigenvalue weighted by molar-refractivity contribution is 7.80. The smallest absolute Gasteiger partial charge is 0.254 e. The molecule has 6 heteroatoms. The van der Waals surface area contributed by atoms with Gasteiger partial charge in [0.2, 0.25) is 5.91 Å². The van der Waals surface area contributed by atoms with Crippen LogP contribution in [0.1, 0.15) is 28.8 Å². The molecule has 1 aliphatic heterocycles. The maximum Gasteiger partial charge on any atom is 0.254 e. The molecule has 0 bridgehead atoms. The van der Waals surface area contributed by atoms with E-state index in [2.05, 4.69) is 0 Å².